The SMILES string of the molecule is CN(C)C[C@@H](c1ccc(OCc2ccccc2)cc1)C1(O)CCCCC1.Cc1ccc(C(=O)C(O)(C(=O)O)C(O)(C(=O)O)C(=O)c2ccc(C)cc2)cc1. The largest absolute Gasteiger partial charge is 0.489 e. The van der Waals surface area contributed by atoms with Gasteiger partial charge < -0.3 is 35.2 Å². The number of aliphatic hydroxyl groups is 3. The van der Waals surface area contributed by atoms with Gasteiger partial charge in [-0.2, -0.15) is 0 Å². The van der Waals surface area contributed by atoms with Crippen LogP contribution in [-0.2, 0) is 16.2 Å². The Morgan fingerprint density at radius 1 is 0.685 bits per heavy atom. The third kappa shape index (κ3) is 9.29. The number of aryl methyl sites for hydroxylation is 2. The Morgan fingerprint density at radius 3 is 1.54 bits per heavy atom. The molecule has 11 heteroatoms. The Labute approximate surface area is 315 Å². The van der Waals surface area contributed by atoms with E-state index in [0.29, 0.717) is 17.7 Å². The van der Waals surface area contributed by atoms with Crippen LogP contribution in [0.5, 0.6) is 5.75 Å². The first-order chi connectivity index (χ1) is 25.5. The highest BCUT2D eigenvalue weighted by Gasteiger charge is 2.69. The summed E-state index contributed by atoms with van der Waals surface area (Å²) < 4.78 is 5.91. The van der Waals surface area contributed by atoms with E-state index >= 15 is 0 Å². The van der Waals surface area contributed by atoms with Crippen molar-refractivity contribution in [3.63, 3.8) is 0 Å². The van der Waals surface area contributed by atoms with Crippen LogP contribution in [0.2, 0.25) is 0 Å². The second-order valence-electron chi connectivity index (χ2n) is 14.2. The summed E-state index contributed by atoms with van der Waals surface area (Å²) in [7, 11) is 4.16. The molecular formula is C43H49NO10. The van der Waals surface area contributed by atoms with Crippen LogP contribution in [0.1, 0.15) is 81.0 Å². The summed E-state index contributed by atoms with van der Waals surface area (Å²) in [4.78, 5) is 51.3. The first-order valence-electron chi connectivity index (χ1n) is 17.8. The van der Waals surface area contributed by atoms with Crippen molar-refractivity contribution >= 4 is 23.5 Å². The molecule has 2 unspecified atom stereocenters. The van der Waals surface area contributed by atoms with Gasteiger partial charge in [0.2, 0.25) is 11.6 Å². The van der Waals surface area contributed by atoms with Crippen LogP contribution in [0.25, 0.3) is 0 Å². The lowest BCUT2D eigenvalue weighted by atomic mass is 9.72. The smallest absolute Gasteiger partial charge is 0.348 e. The minimum absolute atomic E-state index is 0.140. The number of ether oxygens (including phenoxy) is 1. The number of carbonyl (C=O) groups excluding carboxylic acids is 2. The van der Waals surface area contributed by atoms with Crippen molar-refractivity contribution in [3.8, 4) is 5.75 Å². The molecule has 11 nitrogen and oxygen atoms in total. The molecule has 1 saturated carbocycles. The molecule has 0 amide bonds. The van der Waals surface area contributed by atoms with Gasteiger partial charge >= 0.3 is 11.9 Å². The van der Waals surface area contributed by atoms with Gasteiger partial charge in [0.25, 0.3) is 11.2 Å². The van der Waals surface area contributed by atoms with E-state index in [1.165, 1.54) is 41.8 Å². The molecule has 54 heavy (non-hydrogen) atoms. The van der Waals surface area contributed by atoms with Crippen LogP contribution in [-0.4, -0.2) is 91.4 Å². The summed E-state index contributed by atoms with van der Waals surface area (Å²) in [6.07, 6.45) is 5.29. The average Bonchev–Trinajstić information content (AvgIpc) is 3.16. The first kappa shape index (κ1) is 41.6. The van der Waals surface area contributed by atoms with Crippen LogP contribution in [0, 0.1) is 13.8 Å². The number of aliphatic carboxylic acids is 2. The Balaban J connectivity index is 0.000000241. The van der Waals surface area contributed by atoms with Crippen LogP contribution in [0.3, 0.4) is 0 Å². The van der Waals surface area contributed by atoms with Crippen molar-refractivity contribution in [1.29, 1.82) is 0 Å². The van der Waals surface area contributed by atoms with Gasteiger partial charge in [0.05, 0.1) is 5.60 Å². The topological polar surface area (TPSA) is 182 Å². The van der Waals surface area contributed by atoms with Crippen molar-refractivity contribution in [2.45, 2.75) is 75.3 Å². The fourth-order valence-corrected chi connectivity index (χ4v) is 6.66. The Kier molecular flexibility index (Phi) is 13.7. The number of carbonyl (C=O) groups is 4. The van der Waals surface area contributed by atoms with Crippen LogP contribution >= 0.6 is 0 Å². The van der Waals surface area contributed by atoms with E-state index in [-0.39, 0.29) is 17.0 Å². The molecule has 3 atom stereocenters. The number of likely N-dealkylation sites (N-methyl/N-ethyl adjacent to an activating group) is 1. The summed E-state index contributed by atoms with van der Waals surface area (Å²) in [5.74, 6) is -7.00. The maximum atomic E-state index is 12.8. The number of nitrogens with zero attached hydrogens (tertiary/aromatic N) is 1. The molecule has 286 valence electrons. The zero-order valence-electron chi connectivity index (χ0n) is 31.1. The molecule has 1 fully saturated rings. The molecule has 0 radical (unpaired) electrons. The zero-order valence-corrected chi connectivity index (χ0v) is 31.1. The van der Waals surface area contributed by atoms with Crippen LogP contribution < -0.4 is 4.74 Å². The first-order valence-corrected chi connectivity index (χ1v) is 17.8. The van der Waals surface area contributed by atoms with E-state index in [0.717, 1.165) is 62.2 Å². The Hall–Kier alpha value is -5.20. The highest BCUT2D eigenvalue weighted by Crippen LogP contribution is 2.41. The van der Waals surface area contributed by atoms with Crippen LogP contribution in [0.15, 0.2) is 103 Å². The number of carboxylic acid groups (broad SMARTS) is 2. The van der Waals surface area contributed by atoms with Gasteiger partial charge in [-0.15, -0.1) is 0 Å². The normalized spacial score (nSPS) is 16.4. The predicted octanol–water partition coefficient (Wildman–Crippen LogP) is 5.61. The highest BCUT2D eigenvalue weighted by molar-refractivity contribution is 6.28. The molecule has 0 aliphatic heterocycles. The van der Waals surface area contributed by atoms with Gasteiger partial charge in [0.1, 0.15) is 12.4 Å². The molecule has 0 aromatic heterocycles. The molecule has 4 aromatic rings. The maximum absolute atomic E-state index is 12.8. The predicted molar refractivity (Wildman–Crippen MR) is 203 cm³/mol. The molecule has 1 aliphatic rings. The molecule has 0 heterocycles. The van der Waals surface area contributed by atoms with Crippen LogP contribution in [0.4, 0.5) is 0 Å². The molecular weight excluding hydrogens is 690 g/mol. The van der Waals surface area contributed by atoms with Gasteiger partial charge in [0, 0.05) is 23.6 Å². The molecule has 5 rings (SSSR count). The van der Waals surface area contributed by atoms with E-state index in [2.05, 4.69) is 43.3 Å². The summed E-state index contributed by atoms with van der Waals surface area (Å²) in [6.45, 7) is 4.81. The van der Waals surface area contributed by atoms with E-state index in [4.69, 9.17) is 4.74 Å². The summed E-state index contributed by atoms with van der Waals surface area (Å²) in [6, 6.07) is 28.9. The minimum atomic E-state index is -3.96. The van der Waals surface area contributed by atoms with Gasteiger partial charge in [-0.3, -0.25) is 9.59 Å². The van der Waals surface area contributed by atoms with Crippen molar-refractivity contribution in [2.24, 2.45) is 0 Å². The fraction of sp³-hybridized carbons (Fsp3) is 0.349. The van der Waals surface area contributed by atoms with Gasteiger partial charge in [-0.1, -0.05) is 121 Å². The summed E-state index contributed by atoms with van der Waals surface area (Å²) in [5.41, 5.74) is -5.49. The lowest BCUT2D eigenvalue weighted by Gasteiger charge is -2.40. The van der Waals surface area contributed by atoms with Crippen molar-refractivity contribution in [1.82, 2.24) is 4.90 Å². The number of carboxylic acids is 2. The van der Waals surface area contributed by atoms with E-state index in [1.807, 2.05) is 30.3 Å². The summed E-state index contributed by atoms with van der Waals surface area (Å²) >= 11 is 0. The fourth-order valence-electron chi connectivity index (χ4n) is 6.66. The van der Waals surface area contributed by atoms with Gasteiger partial charge in [-0.25, -0.2) is 9.59 Å². The maximum Gasteiger partial charge on any atom is 0.348 e. The number of hydrogen-bond acceptors (Lipinski definition) is 9. The van der Waals surface area contributed by atoms with E-state index in [1.54, 1.807) is 13.8 Å². The molecule has 5 N–H and O–H groups in total. The molecule has 1 aliphatic carbocycles. The second kappa shape index (κ2) is 17.7. The number of rotatable bonds is 14. The average molecular weight is 740 g/mol. The van der Waals surface area contributed by atoms with E-state index < -0.39 is 40.3 Å². The van der Waals surface area contributed by atoms with E-state index in [9.17, 15) is 44.7 Å². The molecule has 0 spiro atoms. The summed E-state index contributed by atoms with van der Waals surface area (Å²) in [5, 5.41) is 51.6. The third-order valence-electron chi connectivity index (χ3n) is 9.87. The van der Waals surface area contributed by atoms with Crippen molar-refractivity contribution < 1.29 is 49.4 Å². The Bertz CT molecular complexity index is 1810. The van der Waals surface area contributed by atoms with Gasteiger partial charge in [-0.05, 0) is 64.0 Å². The molecule has 4 aromatic carbocycles. The monoisotopic (exact) mass is 739 g/mol. The highest BCUT2D eigenvalue weighted by atomic mass is 16.5. The zero-order chi connectivity index (χ0) is 39.7. The Morgan fingerprint density at radius 2 is 1.13 bits per heavy atom. The lowest BCUT2D eigenvalue weighted by Crippen LogP contribution is -2.71. The number of ketones is 2. The standard InChI is InChI=1S/C23H31NO2.C20H18O8/c1-24(2)17-22(23(25)15-7-4-8-16-23)20-11-13-21(14-12-20)26-18-19-9-5-3-6-10-19;1-11-3-7-13(8-4-11)15(21)19(27,17(23)24)20(28,18(25)26)16(22)14-9-5-12(2)6-10-14/h3,5-6,9-14,22,25H,4,7-8,15-18H2,1-2H3;3-10,27-28H,1-2H3,(H,23,24)(H,25,26)/t22-;/m0./s1. The number of Topliss-reactive ketones (excluding diaryl/α,β-unsaturated/α-hetero) is 2. The second-order valence-corrected chi connectivity index (χ2v) is 14.2. The van der Waals surface area contributed by atoms with Gasteiger partial charge in [0.15, 0.2) is 0 Å². The number of benzene rings is 4. The third-order valence-corrected chi connectivity index (χ3v) is 9.87. The number of hydrogen-bond donors (Lipinski definition) is 5. The molecule has 0 saturated heterocycles. The molecule has 0 bridgehead atoms. The van der Waals surface area contributed by atoms with Crippen molar-refractivity contribution in [3.05, 3.63) is 137 Å². The quantitative estimate of drug-likeness (QED) is 0.0802. The van der Waals surface area contributed by atoms with Crippen molar-refractivity contribution in [2.75, 3.05) is 20.6 Å². The lowest BCUT2D eigenvalue weighted by molar-refractivity contribution is -0.187. The minimum Gasteiger partial charge on any atom is -0.489 e.